The molecule has 0 unspecified atom stereocenters. The lowest BCUT2D eigenvalue weighted by Crippen LogP contribution is -2.37. The average Bonchev–Trinajstić information content (AvgIpc) is 2.42. The summed E-state index contributed by atoms with van der Waals surface area (Å²) in [5.41, 5.74) is 0.642. The molecule has 0 saturated heterocycles. The van der Waals surface area contributed by atoms with Gasteiger partial charge in [-0.25, -0.2) is 4.98 Å². The number of anilines is 1. The summed E-state index contributed by atoms with van der Waals surface area (Å²) < 4.78 is 0. The van der Waals surface area contributed by atoms with E-state index in [0.717, 1.165) is 25.3 Å². The molecule has 4 nitrogen and oxygen atoms in total. The van der Waals surface area contributed by atoms with Crippen LogP contribution in [0, 0.1) is 5.92 Å². The molecule has 1 aliphatic carbocycles. The SMILES string of the molecule is CCNc1ncccc1C(=O)NC1CCC(C)CC1. The quantitative estimate of drug-likeness (QED) is 0.876. The van der Waals surface area contributed by atoms with Gasteiger partial charge in [0.05, 0.1) is 5.56 Å². The summed E-state index contributed by atoms with van der Waals surface area (Å²) in [5.74, 6) is 1.46. The minimum atomic E-state index is -0.0106. The smallest absolute Gasteiger partial charge is 0.255 e. The number of pyridine rings is 1. The molecule has 2 N–H and O–H groups in total. The molecule has 1 aromatic heterocycles. The maximum Gasteiger partial charge on any atom is 0.255 e. The molecule has 0 bridgehead atoms. The number of amides is 1. The number of nitrogens with one attached hydrogen (secondary N) is 2. The van der Waals surface area contributed by atoms with Gasteiger partial charge in [0.25, 0.3) is 5.91 Å². The molecular formula is C15H23N3O. The Morgan fingerprint density at radius 3 is 2.79 bits per heavy atom. The fourth-order valence-electron chi connectivity index (χ4n) is 2.56. The van der Waals surface area contributed by atoms with Crippen LogP contribution in [0.25, 0.3) is 0 Å². The van der Waals surface area contributed by atoms with E-state index >= 15 is 0 Å². The Bertz CT molecular complexity index is 425. The predicted octanol–water partition coefficient (Wildman–Crippen LogP) is 2.82. The van der Waals surface area contributed by atoms with Gasteiger partial charge in [0, 0.05) is 18.8 Å². The molecule has 4 heteroatoms. The number of rotatable bonds is 4. The largest absolute Gasteiger partial charge is 0.370 e. The van der Waals surface area contributed by atoms with Gasteiger partial charge in [-0.2, -0.15) is 0 Å². The third kappa shape index (κ3) is 3.69. The average molecular weight is 261 g/mol. The standard InChI is InChI=1S/C15H23N3O/c1-3-16-14-13(5-4-10-17-14)15(19)18-12-8-6-11(2)7-9-12/h4-5,10-12H,3,6-9H2,1-2H3,(H,16,17)(H,18,19). The maximum atomic E-state index is 12.3. The van der Waals surface area contributed by atoms with E-state index in [1.54, 1.807) is 12.3 Å². The first-order valence-corrected chi connectivity index (χ1v) is 7.20. The van der Waals surface area contributed by atoms with Crippen LogP contribution < -0.4 is 10.6 Å². The summed E-state index contributed by atoms with van der Waals surface area (Å²) in [5, 5.41) is 6.26. The normalized spacial score (nSPS) is 22.8. The zero-order valence-electron chi connectivity index (χ0n) is 11.8. The fraction of sp³-hybridized carbons (Fsp3) is 0.600. The number of nitrogens with zero attached hydrogens (tertiary/aromatic N) is 1. The van der Waals surface area contributed by atoms with Crippen molar-refractivity contribution >= 4 is 11.7 Å². The Kier molecular flexibility index (Phi) is 4.77. The molecule has 0 spiro atoms. The van der Waals surface area contributed by atoms with Crippen molar-refractivity contribution in [2.45, 2.75) is 45.6 Å². The second-order valence-electron chi connectivity index (χ2n) is 5.36. The van der Waals surface area contributed by atoms with Gasteiger partial charge in [0.1, 0.15) is 5.82 Å². The molecule has 1 fully saturated rings. The summed E-state index contributed by atoms with van der Waals surface area (Å²) in [4.78, 5) is 16.5. The van der Waals surface area contributed by atoms with Gasteiger partial charge >= 0.3 is 0 Å². The van der Waals surface area contributed by atoms with E-state index in [9.17, 15) is 4.79 Å². The Labute approximate surface area is 115 Å². The van der Waals surface area contributed by atoms with Crippen LogP contribution in [0.4, 0.5) is 5.82 Å². The van der Waals surface area contributed by atoms with E-state index in [1.165, 1.54) is 12.8 Å². The number of carbonyl (C=O) groups is 1. The summed E-state index contributed by atoms with van der Waals surface area (Å²) in [7, 11) is 0. The van der Waals surface area contributed by atoms with Crippen molar-refractivity contribution in [2.75, 3.05) is 11.9 Å². The van der Waals surface area contributed by atoms with Crippen molar-refractivity contribution in [1.82, 2.24) is 10.3 Å². The van der Waals surface area contributed by atoms with Crippen molar-refractivity contribution in [3.05, 3.63) is 23.9 Å². The van der Waals surface area contributed by atoms with Crippen molar-refractivity contribution in [1.29, 1.82) is 0 Å². The van der Waals surface area contributed by atoms with Crippen LogP contribution in [0.15, 0.2) is 18.3 Å². The monoisotopic (exact) mass is 261 g/mol. The van der Waals surface area contributed by atoms with Crippen molar-refractivity contribution in [3.8, 4) is 0 Å². The second-order valence-corrected chi connectivity index (χ2v) is 5.36. The van der Waals surface area contributed by atoms with E-state index in [4.69, 9.17) is 0 Å². The van der Waals surface area contributed by atoms with Crippen LogP contribution in [0.2, 0.25) is 0 Å². The van der Waals surface area contributed by atoms with Crippen LogP contribution in [-0.4, -0.2) is 23.5 Å². The molecule has 1 heterocycles. The van der Waals surface area contributed by atoms with Crippen molar-refractivity contribution in [3.63, 3.8) is 0 Å². The maximum absolute atomic E-state index is 12.3. The van der Waals surface area contributed by atoms with Gasteiger partial charge in [0.15, 0.2) is 0 Å². The van der Waals surface area contributed by atoms with E-state index in [0.29, 0.717) is 17.4 Å². The van der Waals surface area contributed by atoms with E-state index in [2.05, 4.69) is 22.5 Å². The first-order valence-electron chi connectivity index (χ1n) is 7.20. The molecule has 0 aromatic carbocycles. The number of carbonyl (C=O) groups excluding carboxylic acids is 1. The first kappa shape index (κ1) is 13.8. The number of aromatic nitrogens is 1. The minimum Gasteiger partial charge on any atom is -0.370 e. The highest BCUT2D eigenvalue weighted by Gasteiger charge is 2.21. The van der Waals surface area contributed by atoms with Gasteiger partial charge in [-0.15, -0.1) is 0 Å². The Hall–Kier alpha value is -1.58. The van der Waals surface area contributed by atoms with Crippen LogP contribution in [0.5, 0.6) is 0 Å². The van der Waals surface area contributed by atoms with Gasteiger partial charge < -0.3 is 10.6 Å². The summed E-state index contributed by atoms with van der Waals surface area (Å²) in [6, 6.07) is 3.95. The topological polar surface area (TPSA) is 54.0 Å². The molecule has 0 aliphatic heterocycles. The predicted molar refractivity (Wildman–Crippen MR) is 77.3 cm³/mol. The molecule has 1 aromatic rings. The van der Waals surface area contributed by atoms with E-state index in [-0.39, 0.29) is 5.91 Å². The highest BCUT2D eigenvalue weighted by atomic mass is 16.1. The van der Waals surface area contributed by atoms with E-state index < -0.39 is 0 Å². The van der Waals surface area contributed by atoms with Gasteiger partial charge in [-0.1, -0.05) is 6.92 Å². The molecule has 1 amide bonds. The molecule has 1 saturated carbocycles. The van der Waals surface area contributed by atoms with Crippen molar-refractivity contribution in [2.24, 2.45) is 5.92 Å². The minimum absolute atomic E-state index is 0.0106. The Balaban J connectivity index is 1.99. The Morgan fingerprint density at radius 1 is 1.37 bits per heavy atom. The van der Waals surface area contributed by atoms with Crippen LogP contribution in [0.1, 0.15) is 49.9 Å². The fourth-order valence-corrected chi connectivity index (χ4v) is 2.56. The zero-order chi connectivity index (χ0) is 13.7. The van der Waals surface area contributed by atoms with Crippen LogP contribution in [0.3, 0.4) is 0 Å². The third-order valence-electron chi connectivity index (χ3n) is 3.75. The lowest BCUT2D eigenvalue weighted by molar-refractivity contribution is 0.0923. The lowest BCUT2D eigenvalue weighted by Gasteiger charge is -2.27. The van der Waals surface area contributed by atoms with Gasteiger partial charge in [0.2, 0.25) is 0 Å². The third-order valence-corrected chi connectivity index (χ3v) is 3.75. The Morgan fingerprint density at radius 2 is 2.11 bits per heavy atom. The first-order chi connectivity index (χ1) is 9.20. The van der Waals surface area contributed by atoms with Gasteiger partial charge in [-0.05, 0) is 50.7 Å². The van der Waals surface area contributed by atoms with Crippen molar-refractivity contribution < 1.29 is 4.79 Å². The number of hydrogen-bond acceptors (Lipinski definition) is 3. The second kappa shape index (κ2) is 6.55. The molecule has 0 radical (unpaired) electrons. The molecule has 1 aliphatic rings. The number of hydrogen-bond donors (Lipinski definition) is 2. The molecule has 0 atom stereocenters. The highest BCUT2D eigenvalue weighted by Crippen LogP contribution is 2.24. The molecule has 104 valence electrons. The van der Waals surface area contributed by atoms with Gasteiger partial charge in [-0.3, -0.25) is 4.79 Å². The highest BCUT2D eigenvalue weighted by molar-refractivity contribution is 5.98. The van der Waals surface area contributed by atoms with Crippen LogP contribution in [-0.2, 0) is 0 Å². The molecule has 19 heavy (non-hydrogen) atoms. The molecule has 2 rings (SSSR count). The zero-order valence-corrected chi connectivity index (χ0v) is 11.8. The summed E-state index contributed by atoms with van der Waals surface area (Å²) in [6.07, 6.45) is 6.29. The van der Waals surface area contributed by atoms with Crippen LogP contribution >= 0.6 is 0 Å². The summed E-state index contributed by atoms with van der Waals surface area (Å²) >= 11 is 0. The molecular weight excluding hydrogens is 238 g/mol. The summed E-state index contributed by atoms with van der Waals surface area (Å²) in [6.45, 7) is 5.04. The lowest BCUT2D eigenvalue weighted by atomic mass is 9.87. The van der Waals surface area contributed by atoms with E-state index in [1.807, 2.05) is 13.0 Å².